The van der Waals surface area contributed by atoms with Crippen molar-refractivity contribution in [2.75, 3.05) is 7.11 Å². The minimum absolute atomic E-state index is 0.111. The lowest BCUT2D eigenvalue weighted by Crippen LogP contribution is -2.07. The maximum Gasteiger partial charge on any atom is 0.451 e. The zero-order valence-corrected chi connectivity index (χ0v) is 14.0. The van der Waals surface area contributed by atoms with Gasteiger partial charge in [-0.15, -0.1) is 0 Å². The van der Waals surface area contributed by atoms with Gasteiger partial charge in [0.15, 0.2) is 5.82 Å². The molecule has 0 amide bonds. The summed E-state index contributed by atoms with van der Waals surface area (Å²) in [6.45, 7) is 0. The molecule has 3 aromatic rings. The molecule has 0 saturated carbocycles. The van der Waals surface area contributed by atoms with Gasteiger partial charge in [-0.1, -0.05) is 11.6 Å². The van der Waals surface area contributed by atoms with E-state index in [9.17, 15) is 13.2 Å². The van der Waals surface area contributed by atoms with E-state index in [1.807, 2.05) is 5.10 Å². The molecule has 0 unspecified atom stereocenters. The van der Waals surface area contributed by atoms with Crippen molar-refractivity contribution in [2.24, 2.45) is 7.05 Å². The molecule has 6 nitrogen and oxygen atoms in total. The molecular formula is C12H8BrClF3N5O. The zero-order chi connectivity index (χ0) is 16.9. The van der Waals surface area contributed by atoms with Gasteiger partial charge in [-0.25, -0.2) is 9.97 Å². The number of H-pyrrole nitrogens is 1. The molecular weight excluding hydrogens is 403 g/mol. The van der Waals surface area contributed by atoms with Gasteiger partial charge in [-0.2, -0.15) is 18.3 Å². The summed E-state index contributed by atoms with van der Waals surface area (Å²) < 4.78 is 45.1. The Morgan fingerprint density at radius 3 is 2.61 bits per heavy atom. The third-order valence-electron chi connectivity index (χ3n) is 3.20. The van der Waals surface area contributed by atoms with Crippen molar-refractivity contribution in [3.63, 3.8) is 0 Å². The number of fused-ring (bicyclic) bond motifs is 1. The summed E-state index contributed by atoms with van der Waals surface area (Å²) in [5, 5.41) is 5.80. The predicted octanol–water partition coefficient (Wildman–Crippen LogP) is 3.80. The SMILES string of the molecule is COc1nc2c(Br)c(-c3n[nH]c(C(F)(F)F)n3)n(C)c2cc1Cl. The van der Waals surface area contributed by atoms with Gasteiger partial charge in [-0.05, 0) is 22.0 Å². The fourth-order valence-electron chi connectivity index (χ4n) is 2.15. The van der Waals surface area contributed by atoms with E-state index in [0.717, 1.165) is 0 Å². The molecule has 0 atom stereocenters. The summed E-state index contributed by atoms with van der Waals surface area (Å²) in [7, 11) is 3.07. The molecule has 0 aromatic carbocycles. The third-order valence-corrected chi connectivity index (χ3v) is 4.22. The second kappa shape index (κ2) is 5.38. The number of rotatable bonds is 2. The maximum atomic E-state index is 12.7. The highest BCUT2D eigenvalue weighted by molar-refractivity contribution is 9.10. The number of methoxy groups -OCH3 is 1. The number of halogens is 5. The monoisotopic (exact) mass is 409 g/mol. The van der Waals surface area contributed by atoms with Crippen LogP contribution >= 0.6 is 27.5 Å². The highest BCUT2D eigenvalue weighted by Crippen LogP contribution is 2.38. The highest BCUT2D eigenvalue weighted by atomic mass is 79.9. The molecule has 3 aromatic heterocycles. The van der Waals surface area contributed by atoms with Crippen molar-refractivity contribution < 1.29 is 17.9 Å². The van der Waals surface area contributed by atoms with Crippen molar-refractivity contribution >= 4 is 38.6 Å². The number of aromatic nitrogens is 5. The van der Waals surface area contributed by atoms with E-state index < -0.39 is 12.0 Å². The number of aryl methyl sites for hydroxylation is 1. The molecule has 0 fully saturated rings. The number of nitrogens with one attached hydrogen (secondary N) is 1. The Hall–Kier alpha value is -1.81. The van der Waals surface area contributed by atoms with Crippen molar-refractivity contribution in [1.82, 2.24) is 24.7 Å². The summed E-state index contributed by atoms with van der Waals surface area (Å²) in [4.78, 5) is 7.74. The van der Waals surface area contributed by atoms with Gasteiger partial charge < -0.3 is 9.30 Å². The fraction of sp³-hybridized carbons (Fsp3) is 0.250. The Balaban J connectivity index is 2.24. The van der Waals surface area contributed by atoms with E-state index in [1.165, 1.54) is 7.11 Å². The second-order valence-corrected chi connectivity index (χ2v) is 5.77. The summed E-state index contributed by atoms with van der Waals surface area (Å²) in [5.41, 5.74) is 1.40. The average molecular weight is 411 g/mol. The molecule has 3 heterocycles. The predicted molar refractivity (Wildman–Crippen MR) is 80.4 cm³/mol. The van der Waals surface area contributed by atoms with E-state index >= 15 is 0 Å². The smallest absolute Gasteiger partial charge is 0.451 e. The number of pyridine rings is 1. The van der Waals surface area contributed by atoms with Crippen LogP contribution in [-0.4, -0.2) is 31.8 Å². The molecule has 23 heavy (non-hydrogen) atoms. The van der Waals surface area contributed by atoms with E-state index in [4.69, 9.17) is 16.3 Å². The minimum Gasteiger partial charge on any atom is -0.480 e. The molecule has 11 heteroatoms. The topological polar surface area (TPSA) is 68.6 Å². The first kappa shape index (κ1) is 16.1. The molecule has 0 saturated heterocycles. The molecule has 0 spiro atoms. The first-order valence-corrected chi connectivity index (χ1v) is 7.29. The van der Waals surface area contributed by atoms with Crippen molar-refractivity contribution in [2.45, 2.75) is 6.18 Å². The number of ether oxygens (including phenoxy) is 1. The Kier molecular flexibility index (Phi) is 3.75. The van der Waals surface area contributed by atoms with Crippen LogP contribution in [0.5, 0.6) is 5.88 Å². The van der Waals surface area contributed by atoms with Gasteiger partial charge in [0.05, 0.1) is 17.1 Å². The maximum absolute atomic E-state index is 12.7. The van der Waals surface area contributed by atoms with Gasteiger partial charge in [0, 0.05) is 7.05 Å². The molecule has 0 bridgehead atoms. The molecule has 0 aliphatic heterocycles. The Bertz CT molecular complexity index is 904. The lowest BCUT2D eigenvalue weighted by Gasteiger charge is -2.03. The van der Waals surface area contributed by atoms with Gasteiger partial charge in [-0.3, -0.25) is 5.10 Å². The van der Waals surface area contributed by atoms with Crippen LogP contribution in [0.2, 0.25) is 5.02 Å². The normalized spacial score (nSPS) is 12.1. The molecule has 3 rings (SSSR count). The number of nitrogens with zero attached hydrogens (tertiary/aromatic N) is 4. The fourth-order valence-corrected chi connectivity index (χ4v) is 3.10. The first-order valence-electron chi connectivity index (χ1n) is 6.12. The van der Waals surface area contributed by atoms with Crippen LogP contribution in [0.4, 0.5) is 13.2 Å². The average Bonchev–Trinajstić information content (AvgIpc) is 3.03. The van der Waals surface area contributed by atoms with E-state index in [0.29, 0.717) is 21.2 Å². The lowest BCUT2D eigenvalue weighted by molar-refractivity contribution is -0.144. The molecule has 122 valence electrons. The lowest BCUT2D eigenvalue weighted by atomic mass is 10.3. The molecule has 0 aliphatic rings. The van der Waals surface area contributed by atoms with Crippen LogP contribution in [0, 0.1) is 0 Å². The Morgan fingerprint density at radius 1 is 1.35 bits per heavy atom. The van der Waals surface area contributed by atoms with E-state index in [2.05, 4.69) is 31.0 Å². The van der Waals surface area contributed by atoms with Crippen LogP contribution in [-0.2, 0) is 13.2 Å². The van der Waals surface area contributed by atoms with Crippen molar-refractivity contribution in [3.05, 3.63) is 21.4 Å². The third kappa shape index (κ3) is 2.55. The van der Waals surface area contributed by atoms with Crippen LogP contribution < -0.4 is 4.74 Å². The summed E-state index contributed by atoms with van der Waals surface area (Å²) in [5.74, 6) is -1.07. The van der Waals surface area contributed by atoms with Crippen molar-refractivity contribution in [3.8, 4) is 17.4 Å². The van der Waals surface area contributed by atoms with Crippen LogP contribution in [0.15, 0.2) is 10.5 Å². The van der Waals surface area contributed by atoms with Crippen molar-refractivity contribution in [1.29, 1.82) is 0 Å². The van der Waals surface area contributed by atoms with E-state index in [-0.39, 0.29) is 16.7 Å². The van der Waals surface area contributed by atoms with Gasteiger partial charge in [0.1, 0.15) is 16.2 Å². The summed E-state index contributed by atoms with van der Waals surface area (Å²) in [6.07, 6.45) is -4.60. The Morgan fingerprint density at radius 2 is 2.04 bits per heavy atom. The Labute approximate surface area is 140 Å². The van der Waals surface area contributed by atoms with Crippen LogP contribution in [0.3, 0.4) is 0 Å². The number of hydrogen-bond donors (Lipinski definition) is 1. The molecule has 0 aliphatic carbocycles. The van der Waals surface area contributed by atoms with Gasteiger partial charge >= 0.3 is 6.18 Å². The zero-order valence-electron chi connectivity index (χ0n) is 11.7. The molecule has 0 radical (unpaired) electrons. The number of aromatic amines is 1. The van der Waals surface area contributed by atoms with Crippen LogP contribution in [0.25, 0.3) is 22.6 Å². The highest BCUT2D eigenvalue weighted by Gasteiger charge is 2.36. The second-order valence-electron chi connectivity index (χ2n) is 4.57. The summed E-state index contributed by atoms with van der Waals surface area (Å²) in [6, 6.07) is 1.61. The quantitative estimate of drug-likeness (QED) is 0.698. The van der Waals surface area contributed by atoms with Gasteiger partial charge in [0.2, 0.25) is 11.7 Å². The van der Waals surface area contributed by atoms with E-state index in [1.54, 1.807) is 17.7 Å². The summed E-state index contributed by atoms with van der Waals surface area (Å²) >= 11 is 9.37. The first-order chi connectivity index (χ1) is 10.7. The standard InChI is InChI=1S/C12H8BrClF3N5O/c1-22-5-3-4(14)10(23-2)18-7(5)6(13)8(22)9-19-11(21-20-9)12(15,16)17/h3H,1-2H3,(H,19,20,21). The number of hydrogen-bond acceptors (Lipinski definition) is 4. The van der Waals surface area contributed by atoms with Crippen LogP contribution in [0.1, 0.15) is 5.82 Å². The minimum atomic E-state index is -4.60. The molecule has 1 N–H and O–H groups in total. The van der Waals surface area contributed by atoms with Gasteiger partial charge in [0.25, 0.3) is 0 Å². The largest absolute Gasteiger partial charge is 0.480 e. The number of alkyl halides is 3.